The molecule has 0 aliphatic carbocycles. The number of nitrogens with two attached hydrogens (primary N) is 1. The first kappa shape index (κ1) is 14.9. The van der Waals surface area contributed by atoms with Crippen molar-refractivity contribution >= 4 is 40.2 Å². The lowest BCUT2D eigenvalue weighted by Gasteiger charge is -2.13. The molecule has 1 amide bonds. The van der Waals surface area contributed by atoms with E-state index in [1.54, 1.807) is 6.07 Å². The second-order valence-electron chi connectivity index (χ2n) is 3.94. The molecule has 1 unspecified atom stereocenters. The number of carboxylic acid groups (broad SMARTS) is 1. The van der Waals surface area contributed by atoms with Crippen LogP contribution in [0.5, 0.6) is 0 Å². The second kappa shape index (κ2) is 6.69. The number of rotatable bonds is 5. The standard InChI is InChI=1S/C12H15IN2O3/c1-7-8(13)3-2-4-10(7)15-12(18)9(14)5-6-11(16)17/h2-4,9H,5-6,14H2,1H3,(H,15,18)(H,16,17). The van der Waals surface area contributed by atoms with Crippen LogP contribution in [0.25, 0.3) is 0 Å². The van der Waals surface area contributed by atoms with Gasteiger partial charge in [0.1, 0.15) is 0 Å². The van der Waals surface area contributed by atoms with Gasteiger partial charge >= 0.3 is 5.97 Å². The Bertz CT molecular complexity index is 463. The van der Waals surface area contributed by atoms with Gasteiger partial charge in [0.2, 0.25) is 5.91 Å². The van der Waals surface area contributed by atoms with E-state index in [9.17, 15) is 9.59 Å². The summed E-state index contributed by atoms with van der Waals surface area (Å²) in [4.78, 5) is 22.2. The van der Waals surface area contributed by atoms with Crippen LogP contribution in [0.15, 0.2) is 18.2 Å². The third kappa shape index (κ3) is 4.26. The van der Waals surface area contributed by atoms with Gasteiger partial charge in [0, 0.05) is 15.7 Å². The Kier molecular flexibility index (Phi) is 5.54. The first-order valence-corrected chi connectivity index (χ1v) is 6.53. The molecule has 0 heterocycles. The lowest BCUT2D eigenvalue weighted by atomic mass is 10.1. The summed E-state index contributed by atoms with van der Waals surface area (Å²) in [6.45, 7) is 1.90. The molecule has 0 bridgehead atoms. The Labute approximate surface area is 119 Å². The Morgan fingerprint density at radius 2 is 2.17 bits per heavy atom. The summed E-state index contributed by atoms with van der Waals surface area (Å²) in [5.74, 6) is -1.31. The molecular weight excluding hydrogens is 347 g/mol. The van der Waals surface area contributed by atoms with Gasteiger partial charge in [0.15, 0.2) is 0 Å². The molecule has 1 rings (SSSR count). The van der Waals surface area contributed by atoms with Gasteiger partial charge < -0.3 is 16.2 Å². The number of hydrogen-bond acceptors (Lipinski definition) is 3. The SMILES string of the molecule is Cc1c(I)cccc1NC(=O)C(N)CCC(=O)O. The maximum absolute atomic E-state index is 11.8. The maximum Gasteiger partial charge on any atom is 0.303 e. The van der Waals surface area contributed by atoms with E-state index in [4.69, 9.17) is 10.8 Å². The van der Waals surface area contributed by atoms with Crippen LogP contribution in [-0.2, 0) is 9.59 Å². The van der Waals surface area contributed by atoms with Crippen molar-refractivity contribution < 1.29 is 14.7 Å². The van der Waals surface area contributed by atoms with Crippen LogP contribution in [0.2, 0.25) is 0 Å². The van der Waals surface area contributed by atoms with Gasteiger partial charge in [-0.3, -0.25) is 9.59 Å². The number of aliphatic carboxylic acids is 1. The summed E-state index contributed by atoms with van der Waals surface area (Å²) in [5, 5.41) is 11.2. The van der Waals surface area contributed by atoms with Gasteiger partial charge in [0.05, 0.1) is 6.04 Å². The Hall–Kier alpha value is -1.15. The minimum atomic E-state index is -0.955. The van der Waals surface area contributed by atoms with Gasteiger partial charge in [-0.2, -0.15) is 0 Å². The van der Waals surface area contributed by atoms with Crippen molar-refractivity contribution in [2.24, 2.45) is 5.73 Å². The molecule has 0 fully saturated rings. The highest BCUT2D eigenvalue weighted by Gasteiger charge is 2.16. The highest BCUT2D eigenvalue weighted by molar-refractivity contribution is 14.1. The third-order valence-electron chi connectivity index (χ3n) is 2.53. The fraction of sp³-hybridized carbons (Fsp3) is 0.333. The number of halogens is 1. The highest BCUT2D eigenvalue weighted by Crippen LogP contribution is 2.20. The van der Waals surface area contributed by atoms with E-state index >= 15 is 0 Å². The van der Waals surface area contributed by atoms with E-state index in [2.05, 4.69) is 27.9 Å². The average molecular weight is 362 g/mol. The first-order chi connectivity index (χ1) is 8.41. The molecule has 0 saturated carbocycles. The minimum absolute atomic E-state index is 0.111. The molecule has 4 N–H and O–H groups in total. The van der Waals surface area contributed by atoms with Crippen LogP contribution in [-0.4, -0.2) is 23.0 Å². The quantitative estimate of drug-likeness (QED) is 0.696. The van der Waals surface area contributed by atoms with E-state index in [1.165, 1.54) is 0 Å². The summed E-state index contributed by atoms with van der Waals surface area (Å²) in [5.41, 5.74) is 7.30. The Balaban J connectivity index is 2.64. The van der Waals surface area contributed by atoms with E-state index in [-0.39, 0.29) is 18.7 Å². The summed E-state index contributed by atoms with van der Waals surface area (Å²) in [6.07, 6.45) is 0.0179. The molecule has 98 valence electrons. The van der Waals surface area contributed by atoms with E-state index in [1.807, 2.05) is 19.1 Å². The largest absolute Gasteiger partial charge is 0.481 e. The molecule has 0 aliphatic heterocycles. The topological polar surface area (TPSA) is 92.4 Å². The van der Waals surface area contributed by atoms with Crippen LogP contribution >= 0.6 is 22.6 Å². The zero-order valence-electron chi connectivity index (χ0n) is 9.94. The zero-order chi connectivity index (χ0) is 13.7. The van der Waals surface area contributed by atoms with Gasteiger partial charge in [-0.15, -0.1) is 0 Å². The van der Waals surface area contributed by atoms with Crippen molar-refractivity contribution in [3.05, 3.63) is 27.3 Å². The number of benzene rings is 1. The molecule has 1 atom stereocenters. The molecular formula is C12H15IN2O3. The smallest absolute Gasteiger partial charge is 0.303 e. The van der Waals surface area contributed by atoms with Gasteiger partial charge in [-0.05, 0) is 53.6 Å². The normalized spacial score (nSPS) is 11.9. The zero-order valence-corrected chi connectivity index (χ0v) is 12.1. The first-order valence-electron chi connectivity index (χ1n) is 5.45. The lowest BCUT2D eigenvalue weighted by Crippen LogP contribution is -2.36. The molecule has 0 aliphatic rings. The van der Waals surface area contributed by atoms with Crippen LogP contribution in [0.1, 0.15) is 18.4 Å². The monoisotopic (exact) mass is 362 g/mol. The lowest BCUT2D eigenvalue weighted by molar-refractivity contribution is -0.137. The van der Waals surface area contributed by atoms with Crippen LogP contribution in [0.4, 0.5) is 5.69 Å². The Morgan fingerprint density at radius 1 is 1.50 bits per heavy atom. The minimum Gasteiger partial charge on any atom is -0.481 e. The maximum atomic E-state index is 11.8. The number of carboxylic acids is 1. The predicted octanol–water partition coefficient (Wildman–Crippen LogP) is 1.73. The van der Waals surface area contributed by atoms with E-state index in [0.717, 1.165) is 9.13 Å². The van der Waals surface area contributed by atoms with Crippen LogP contribution in [0, 0.1) is 10.5 Å². The fourth-order valence-corrected chi connectivity index (χ4v) is 1.88. The van der Waals surface area contributed by atoms with Crippen molar-refractivity contribution in [1.29, 1.82) is 0 Å². The third-order valence-corrected chi connectivity index (χ3v) is 3.70. The molecule has 0 saturated heterocycles. The molecule has 5 nitrogen and oxygen atoms in total. The van der Waals surface area contributed by atoms with Crippen molar-refractivity contribution in [3.8, 4) is 0 Å². The second-order valence-corrected chi connectivity index (χ2v) is 5.10. The highest BCUT2D eigenvalue weighted by atomic mass is 127. The number of anilines is 1. The molecule has 1 aromatic rings. The van der Waals surface area contributed by atoms with Crippen molar-refractivity contribution in [1.82, 2.24) is 0 Å². The number of nitrogens with one attached hydrogen (secondary N) is 1. The van der Waals surface area contributed by atoms with Gasteiger partial charge in [-0.1, -0.05) is 6.07 Å². The molecule has 6 heteroatoms. The summed E-state index contributed by atoms with van der Waals surface area (Å²) >= 11 is 2.18. The fourth-order valence-electron chi connectivity index (χ4n) is 1.38. The van der Waals surface area contributed by atoms with E-state index in [0.29, 0.717) is 5.69 Å². The predicted molar refractivity (Wildman–Crippen MR) is 77.4 cm³/mol. The van der Waals surface area contributed by atoms with Crippen molar-refractivity contribution in [2.75, 3.05) is 5.32 Å². The van der Waals surface area contributed by atoms with Crippen LogP contribution < -0.4 is 11.1 Å². The van der Waals surface area contributed by atoms with Crippen molar-refractivity contribution in [3.63, 3.8) is 0 Å². The summed E-state index contributed by atoms with van der Waals surface area (Å²) in [7, 11) is 0. The number of carbonyl (C=O) groups excluding carboxylic acids is 1. The summed E-state index contributed by atoms with van der Waals surface area (Å²) < 4.78 is 1.05. The molecule has 0 aromatic heterocycles. The average Bonchev–Trinajstić information content (AvgIpc) is 2.31. The van der Waals surface area contributed by atoms with E-state index < -0.39 is 12.0 Å². The van der Waals surface area contributed by atoms with Crippen LogP contribution in [0.3, 0.4) is 0 Å². The molecule has 18 heavy (non-hydrogen) atoms. The molecule has 0 radical (unpaired) electrons. The van der Waals surface area contributed by atoms with Gasteiger partial charge in [0.25, 0.3) is 0 Å². The Morgan fingerprint density at radius 3 is 2.78 bits per heavy atom. The summed E-state index contributed by atoms with van der Waals surface area (Å²) in [6, 6.07) is 4.76. The van der Waals surface area contributed by atoms with Crippen molar-refractivity contribution in [2.45, 2.75) is 25.8 Å². The number of hydrogen-bond donors (Lipinski definition) is 3. The number of amides is 1. The molecule has 0 spiro atoms. The molecule has 1 aromatic carbocycles. The van der Waals surface area contributed by atoms with Gasteiger partial charge in [-0.25, -0.2) is 0 Å². The number of carbonyl (C=O) groups is 2.